The van der Waals surface area contributed by atoms with Crippen LogP contribution in [0.3, 0.4) is 0 Å². The topological polar surface area (TPSA) is 43.7 Å². The van der Waals surface area contributed by atoms with Crippen molar-refractivity contribution in [3.05, 3.63) is 64.1 Å². The summed E-state index contributed by atoms with van der Waals surface area (Å²) in [6, 6.07) is 14.9. The van der Waals surface area contributed by atoms with Gasteiger partial charge in [0.25, 0.3) is 0 Å². The van der Waals surface area contributed by atoms with E-state index >= 15 is 0 Å². The smallest absolute Gasteiger partial charge is 0.337 e. The Morgan fingerprint density at radius 1 is 1.06 bits per heavy atom. The minimum atomic E-state index is -0.283. The maximum absolute atomic E-state index is 12.5. The van der Waals surface area contributed by atoms with Crippen molar-refractivity contribution in [1.29, 1.82) is 0 Å². The summed E-state index contributed by atoms with van der Waals surface area (Å²) >= 11 is 1.85. The molecule has 1 aliphatic carbocycles. The van der Waals surface area contributed by atoms with Gasteiger partial charge in [0.15, 0.2) is 0 Å². The van der Waals surface area contributed by atoms with Crippen LogP contribution in [-0.4, -0.2) is 48.3 Å². The summed E-state index contributed by atoms with van der Waals surface area (Å²) in [6.07, 6.45) is 8.73. The summed E-state index contributed by atoms with van der Waals surface area (Å²) in [7, 11) is 1.45. The van der Waals surface area contributed by atoms with Gasteiger partial charge in [0, 0.05) is 34.5 Å². The van der Waals surface area contributed by atoms with Gasteiger partial charge in [-0.15, -0.1) is 0 Å². The van der Waals surface area contributed by atoms with E-state index in [1.54, 1.807) is 0 Å². The first-order valence-electron chi connectivity index (χ1n) is 12.8. The number of hydrogen-bond acceptors (Lipinski definition) is 5. The minimum Gasteiger partial charge on any atom is -0.465 e. The lowest BCUT2D eigenvalue weighted by Gasteiger charge is -2.26. The molecule has 3 aromatic rings. The van der Waals surface area contributed by atoms with Crippen LogP contribution in [0.25, 0.3) is 28.2 Å². The van der Waals surface area contributed by atoms with Gasteiger partial charge in [0.05, 0.1) is 38.1 Å². The number of benzene rings is 2. The highest BCUT2D eigenvalue weighted by Gasteiger charge is 2.30. The Hall–Kier alpha value is -2.54. The molecule has 0 radical (unpaired) electrons. The number of ether oxygens (including phenoxy) is 2. The lowest BCUT2D eigenvalue weighted by atomic mass is 9.81. The van der Waals surface area contributed by atoms with Crippen molar-refractivity contribution in [2.45, 2.75) is 44.6 Å². The number of esters is 1. The lowest BCUT2D eigenvalue weighted by Crippen LogP contribution is -2.31. The molecule has 1 aromatic heterocycles. The van der Waals surface area contributed by atoms with Gasteiger partial charge >= 0.3 is 5.97 Å². The summed E-state index contributed by atoms with van der Waals surface area (Å²) in [5.41, 5.74) is 7.11. The highest BCUT2D eigenvalue weighted by molar-refractivity contribution is 8.01. The van der Waals surface area contributed by atoms with E-state index < -0.39 is 0 Å². The molecule has 2 aliphatic heterocycles. The predicted molar refractivity (Wildman–Crippen MR) is 142 cm³/mol. The zero-order valence-electron chi connectivity index (χ0n) is 20.3. The first-order chi connectivity index (χ1) is 17.2. The fraction of sp³-hybridized carbons (Fsp3) is 0.414. The van der Waals surface area contributed by atoms with Gasteiger partial charge in [0.2, 0.25) is 0 Å². The number of carbonyl (C=O) groups is 1. The maximum Gasteiger partial charge on any atom is 0.337 e. The third-order valence-electron chi connectivity index (χ3n) is 7.60. The molecule has 1 saturated carbocycles. The molecular weight excluding hydrogens is 456 g/mol. The number of allylic oxidation sites excluding steroid dienone is 1. The molecule has 6 heteroatoms. The third-order valence-corrected chi connectivity index (χ3v) is 8.71. The zero-order chi connectivity index (χ0) is 23.8. The molecule has 182 valence electrons. The van der Waals surface area contributed by atoms with Crippen LogP contribution < -0.4 is 0 Å². The van der Waals surface area contributed by atoms with Gasteiger partial charge in [-0.3, -0.25) is 0 Å². The molecule has 0 spiro atoms. The second kappa shape index (κ2) is 9.84. The molecule has 5 nitrogen and oxygen atoms in total. The van der Waals surface area contributed by atoms with Gasteiger partial charge in [-0.25, -0.2) is 9.10 Å². The summed E-state index contributed by atoms with van der Waals surface area (Å²) in [5.74, 6) is 0.266. The fourth-order valence-corrected chi connectivity index (χ4v) is 6.98. The predicted octanol–water partition coefficient (Wildman–Crippen LogP) is 6.48. The highest BCUT2D eigenvalue weighted by atomic mass is 32.2. The third kappa shape index (κ3) is 4.32. The van der Waals surface area contributed by atoms with Crippen LogP contribution in [0.2, 0.25) is 0 Å². The Balaban J connectivity index is 1.55. The van der Waals surface area contributed by atoms with Gasteiger partial charge in [-0.1, -0.05) is 49.6 Å². The Kier molecular flexibility index (Phi) is 6.44. The summed E-state index contributed by atoms with van der Waals surface area (Å²) in [4.78, 5) is 13.8. The van der Waals surface area contributed by atoms with E-state index in [9.17, 15) is 4.79 Å². The van der Waals surface area contributed by atoms with Crippen LogP contribution in [0, 0.1) is 0 Å². The van der Waals surface area contributed by atoms with Gasteiger partial charge in [0.1, 0.15) is 0 Å². The Morgan fingerprint density at radius 2 is 1.86 bits per heavy atom. The fourth-order valence-electron chi connectivity index (χ4n) is 5.95. The van der Waals surface area contributed by atoms with Crippen molar-refractivity contribution >= 4 is 34.9 Å². The number of nitrogens with zero attached hydrogens (tertiary/aromatic N) is 2. The molecule has 35 heavy (non-hydrogen) atoms. The summed E-state index contributed by atoms with van der Waals surface area (Å²) in [6.45, 7) is 4.22. The first kappa shape index (κ1) is 22.9. The molecule has 6 rings (SSSR count). The first-order valence-corrected chi connectivity index (χ1v) is 13.6. The number of morpholine rings is 1. The number of aromatic nitrogens is 1. The Labute approximate surface area is 211 Å². The molecule has 0 unspecified atom stereocenters. The van der Waals surface area contributed by atoms with Crippen molar-refractivity contribution < 1.29 is 14.3 Å². The largest absolute Gasteiger partial charge is 0.465 e. The average Bonchev–Trinajstić information content (AvgIpc) is 3.13. The quantitative estimate of drug-likeness (QED) is 0.311. The molecule has 0 atom stereocenters. The normalized spacial score (nSPS) is 19.1. The number of fused-ring (bicyclic) bond motifs is 5. The molecule has 0 bridgehead atoms. The second-order valence-electron chi connectivity index (χ2n) is 9.74. The van der Waals surface area contributed by atoms with E-state index in [4.69, 9.17) is 9.47 Å². The van der Waals surface area contributed by atoms with E-state index in [1.807, 2.05) is 24.1 Å². The minimum absolute atomic E-state index is 0.283. The van der Waals surface area contributed by atoms with Crippen molar-refractivity contribution in [3.8, 4) is 11.3 Å². The van der Waals surface area contributed by atoms with E-state index in [-0.39, 0.29) is 5.97 Å². The highest BCUT2D eigenvalue weighted by Crippen LogP contribution is 2.47. The van der Waals surface area contributed by atoms with Crippen LogP contribution in [0.15, 0.2) is 47.4 Å². The average molecular weight is 489 g/mol. The number of carbonyl (C=O) groups excluding carboxylic acids is 1. The number of methoxy groups -OCH3 is 1. The molecule has 3 aliphatic rings. The van der Waals surface area contributed by atoms with Crippen molar-refractivity contribution in [3.63, 3.8) is 0 Å². The number of rotatable bonds is 4. The van der Waals surface area contributed by atoms with E-state index in [2.05, 4.69) is 45.3 Å². The standard InChI is InChI=1S/C29H32N2O3S/c1-33-29(32)22-11-12-25-26(18-22)31-19-23(35-30-13-15-34-16-14-30)17-21-9-5-6-10-24(21)28(31)27(25)20-7-3-2-4-8-20/h5-6,9-12,17-18,20H,2-4,7-8,13-16,19H2,1H3. The van der Waals surface area contributed by atoms with E-state index in [1.165, 1.54) is 71.9 Å². The van der Waals surface area contributed by atoms with Crippen LogP contribution in [0.1, 0.15) is 59.5 Å². The van der Waals surface area contributed by atoms with Crippen molar-refractivity contribution in [2.24, 2.45) is 0 Å². The van der Waals surface area contributed by atoms with Crippen LogP contribution in [0.5, 0.6) is 0 Å². The SMILES string of the molecule is COC(=O)c1ccc2c(C3CCCCC3)c3n(c2c1)CC(SN1CCOCC1)=Cc1ccccc1-3. The lowest BCUT2D eigenvalue weighted by molar-refractivity contribution is 0.0601. The van der Waals surface area contributed by atoms with Crippen LogP contribution >= 0.6 is 11.9 Å². The molecule has 0 amide bonds. The van der Waals surface area contributed by atoms with Gasteiger partial charge in [-0.2, -0.15) is 0 Å². The van der Waals surface area contributed by atoms with Crippen LogP contribution in [-0.2, 0) is 16.0 Å². The summed E-state index contributed by atoms with van der Waals surface area (Å²) in [5, 5.41) is 1.28. The van der Waals surface area contributed by atoms with E-state index in [0.717, 1.165) is 38.4 Å². The molecule has 0 N–H and O–H groups in total. The Morgan fingerprint density at radius 3 is 2.66 bits per heavy atom. The molecule has 1 saturated heterocycles. The zero-order valence-corrected chi connectivity index (χ0v) is 21.1. The maximum atomic E-state index is 12.5. The van der Waals surface area contributed by atoms with E-state index in [0.29, 0.717) is 11.5 Å². The van der Waals surface area contributed by atoms with Crippen molar-refractivity contribution in [1.82, 2.24) is 8.87 Å². The van der Waals surface area contributed by atoms with Crippen molar-refractivity contribution in [2.75, 3.05) is 33.4 Å². The number of hydrogen-bond donors (Lipinski definition) is 0. The molecular formula is C29H32N2O3S. The van der Waals surface area contributed by atoms with Gasteiger partial charge in [-0.05, 0) is 60.0 Å². The van der Waals surface area contributed by atoms with Crippen LogP contribution in [0.4, 0.5) is 0 Å². The molecule has 2 fully saturated rings. The van der Waals surface area contributed by atoms with Gasteiger partial charge < -0.3 is 14.0 Å². The second-order valence-corrected chi connectivity index (χ2v) is 11.0. The molecule has 2 aromatic carbocycles. The molecule has 3 heterocycles. The monoisotopic (exact) mass is 488 g/mol. The Bertz CT molecular complexity index is 1280. The summed E-state index contributed by atoms with van der Waals surface area (Å²) < 4.78 is 15.5.